The standard InChI is InChI=1S/C22H26ClN5OS2/c1-15-8-10-27(11-9-15)18(19-3-2-12-31-19)13-24-20(29)14-28-21(25-26-22(28)30)16-4-6-17(23)7-5-16/h2-7,12,15,18H,8-11,13-14H2,1H3,(H,24,29)(H,26,30). The zero-order chi connectivity index (χ0) is 21.8. The van der Waals surface area contributed by atoms with Crippen molar-refractivity contribution < 1.29 is 4.79 Å². The van der Waals surface area contributed by atoms with Crippen molar-refractivity contribution in [2.24, 2.45) is 5.92 Å². The maximum Gasteiger partial charge on any atom is 0.240 e. The summed E-state index contributed by atoms with van der Waals surface area (Å²) >= 11 is 13.1. The van der Waals surface area contributed by atoms with Crippen LogP contribution >= 0.6 is 35.2 Å². The number of amides is 1. The number of likely N-dealkylation sites (tertiary alicyclic amines) is 1. The number of nitrogens with zero attached hydrogens (tertiary/aromatic N) is 3. The number of piperidine rings is 1. The molecule has 1 saturated heterocycles. The number of carbonyl (C=O) groups is 1. The van der Waals surface area contributed by atoms with Gasteiger partial charge in [-0.05, 0) is 79.8 Å². The van der Waals surface area contributed by atoms with Gasteiger partial charge in [0.1, 0.15) is 6.54 Å². The fourth-order valence-electron chi connectivity index (χ4n) is 3.92. The van der Waals surface area contributed by atoms with Gasteiger partial charge < -0.3 is 5.32 Å². The Kier molecular flexibility index (Phi) is 7.22. The number of carbonyl (C=O) groups excluding carboxylic acids is 1. The van der Waals surface area contributed by atoms with Crippen LogP contribution in [0.2, 0.25) is 5.02 Å². The van der Waals surface area contributed by atoms with Crippen molar-refractivity contribution in [1.82, 2.24) is 25.0 Å². The summed E-state index contributed by atoms with van der Waals surface area (Å²) < 4.78 is 2.14. The highest BCUT2D eigenvalue weighted by molar-refractivity contribution is 7.71. The first kappa shape index (κ1) is 22.2. The third-order valence-electron chi connectivity index (χ3n) is 5.79. The predicted octanol–water partition coefficient (Wildman–Crippen LogP) is 4.91. The summed E-state index contributed by atoms with van der Waals surface area (Å²) in [5.74, 6) is 1.31. The van der Waals surface area contributed by atoms with Gasteiger partial charge in [0.15, 0.2) is 10.6 Å². The van der Waals surface area contributed by atoms with Crippen LogP contribution in [-0.2, 0) is 11.3 Å². The molecular formula is C22H26ClN5OS2. The van der Waals surface area contributed by atoms with Crippen molar-refractivity contribution in [2.45, 2.75) is 32.4 Å². The van der Waals surface area contributed by atoms with E-state index in [9.17, 15) is 4.79 Å². The SMILES string of the molecule is CC1CCN(C(CNC(=O)Cn2c(-c3ccc(Cl)cc3)n[nH]c2=S)c2cccs2)CC1. The van der Waals surface area contributed by atoms with Crippen LogP contribution in [0.3, 0.4) is 0 Å². The van der Waals surface area contributed by atoms with E-state index in [1.807, 2.05) is 12.1 Å². The molecule has 6 nitrogen and oxygen atoms in total. The number of aromatic nitrogens is 3. The van der Waals surface area contributed by atoms with Gasteiger partial charge in [0.05, 0.1) is 6.04 Å². The fourth-order valence-corrected chi connectivity index (χ4v) is 5.11. The molecule has 0 saturated carbocycles. The van der Waals surface area contributed by atoms with Gasteiger partial charge in [0.2, 0.25) is 5.91 Å². The van der Waals surface area contributed by atoms with Gasteiger partial charge in [0, 0.05) is 22.0 Å². The molecule has 3 heterocycles. The molecule has 0 bridgehead atoms. The van der Waals surface area contributed by atoms with E-state index >= 15 is 0 Å². The quantitative estimate of drug-likeness (QED) is 0.476. The maximum absolute atomic E-state index is 12.9. The molecule has 1 amide bonds. The van der Waals surface area contributed by atoms with E-state index in [-0.39, 0.29) is 18.5 Å². The number of nitrogens with one attached hydrogen (secondary N) is 2. The van der Waals surface area contributed by atoms with Gasteiger partial charge in [-0.1, -0.05) is 24.6 Å². The second kappa shape index (κ2) is 10.1. The summed E-state index contributed by atoms with van der Waals surface area (Å²) in [6, 6.07) is 11.8. The zero-order valence-electron chi connectivity index (χ0n) is 17.4. The monoisotopic (exact) mass is 475 g/mol. The summed E-state index contributed by atoms with van der Waals surface area (Å²) in [4.78, 5) is 16.6. The van der Waals surface area contributed by atoms with Crippen LogP contribution < -0.4 is 5.32 Å². The van der Waals surface area contributed by atoms with E-state index in [2.05, 4.69) is 44.9 Å². The minimum atomic E-state index is -0.0837. The molecule has 2 N–H and O–H groups in total. The van der Waals surface area contributed by atoms with Crippen molar-refractivity contribution in [3.63, 3.8) is 0 Å². The van der Waals surface area contributed by atoms with Gasteiger partial charge in [-0.3, -0.25) is 19.4 Å². The highest BCUT2D eigenvalue weighted by atomic mass is 35.5. The van der Waals surface area contributed by atoms with Crippen molar-refractivity contribution >= 4 is 41.1 Å². The Bertz CT molecular complexity index is 1050. The van der Waals surface area contributed by atoms with Crippen LogP contribution in [0.5, 0.6) is 0 Å². The van der Waals surface area contributed by atoms with Gasteiger partial charge in [-0.25, -0.2) is 0 Å². The molecule has 1 aromatic carbocycles. The van der Waals surface area contributed by atoms with Crippen molar-refractivity contribution in [1.29, 1.82) is 0 Å². The van der Waals surface area contributed by atoms with Crippen molar-refractivity contribution in [3.8, 4) is 11.4 Å². The predicted molar refractivity (Wildman–Crippen MR) is 128 cm³/mol. The Morgan fingerprint density at radius 1 is 1.32 bits per heavy atom. The topological polar surface area (TPSA) is 66.0 Å². The largest absolute Gasteiger partial charge is 0.353 e. The Morgan fingerprint density at radius 3 is 2.74 bits per heavy atom. The van der Waals surface area contributed by atoms with Crippen LogP contribution in [0.15, 0.2) is 41.8 Å². The van der Waals surface area contributed by atoms with Crippen LogP contribution in [0.1, 0.15) is 30.7 Å². The highest BCUT2D eigenvalue weighted by Gasteiger charge is 2.26. The Hall–Kier alpha value is -2.00. The lowest BCUT2D eigenvalue weighted by Gasteiger charge is -2.36. The fraction of sp³-hybridized carbons (Fsp3) is 0.409. The minimum absolute atomic E-state index is 0.0837. The zero-order valence-corrected chi connectivity index (χ0v) is 19.8. The van der Waals surface area contributed by atoms with E-state index in [1.54, 1.807) is 28.0 Å². The number of benzene rings is 1. The van der Waals surface area contributed by atoms with Gasteiger partial charge >= 0.3 is 0 Å². The summed E-state index contributed by atoms with van der Waals surface area (Å²) in [7, 11) is 0. The molecule has 31 heavy (non-hydrogen) atoms. The number of aromatic amines is 1. The molecule has 0 aliphatic carbocycles. The maximum atomic E-state index is 12.9. The van der Waals surface area contributed by atoms with E-state index < -0.39 is 0 Å². The first-order valence-corrected chi connectivity index (χ1v) is 12.1. The Balaban J connectivity index is 1.44. The first-order valence-electron chi connectivity index (χ1n) is 10.5. The Morgan fingerprint density at radius 2 is 2.06 bits per heavy atom. The molecule has 1 fully saturated rings. The molecule has 0 spiro atoms. The van der Waals surface area contributed by atoms with Crippen LogP contribution in [0, 0.1) is 10.7 Å². The Labute approximate surface area is 196 Å². The molecule has 1 unspecified atom stereocenters. The molecule has 1 aliphatic rings. The summed E-state index contributed by atoms with van der Waals surface area (Å²) in [5.41, 5.74) is 0.850. The summed E-state index contributed by atoms with van der Waals surface area (Å²) in [5, 5.41) is 13.0. The average molecular weight is 476 g/mol. The second-order valence-electron chi connectivity index (χ2n) is 8.00. The molecule has 164 valence electrons. The van der Waals surface area contributed by atoms with Gasteiger partial charge in [-0.15, -0.1) is 11.3 Å². The van der Waals surface area contributed by atoms with Crippen LogP contribution in [0.25, 0.3) is 11.4 Å². The molecule has 3 aromatic rings. The number of hydrogen-bond acceptors (Lipinski definition) is 5. The van der Waals surface area contributed by atoms with Crippen LogP contribution in [0.4, 0.5) is 0 Å². The van der Waals surface area contributed by atoms with E-state index in [1.165, 1.54) is 17.7 Å². The minimum Gasteiger partial charge on any atom is -0.353 e. The molecular weight excluding hydrogens is 450 g/mol. The summed E-state index contributed by atoms with van der Waals surface area (Å²) in [6.07, 6.45) is 2.40. The molecule has 0 radical (unpaired) electrons. The average Bonchev–Trinajstić information content (AvgIpc) is 3.41. The van der Waals surface area contributed by atoms with Crippen molar-refractivity contribution in [3.05, 3.63) is 56.4 Å². The van der Waals surface area contributed by atoms with E-state index in [4.69, 9.17) is 23.8 Å². The lowest BCUT2D eigenvalue weighted by atomic mass is 9.97. The molecule has 4 rings (SSSR count). The second-order valence-corrected chi connectivity index (χ2v) is 9.80. The third kappa shape index (κ3) is 5.44. The number of halogens is 1. The van der Waals surface area contributed by atoms with Gasteiger partial charge in [-0.2, -0.15) is 5.10 Å². The van der Waals surface area contributed by atoms with Crippen molar-refractivity contribution in [2.75, 3.05) is 19.6 Å². The molecule has 1 aliphatic heterocycles. The number of rotatable bonds is 7. The molecule has 1 atom stereocenters. The summed E-state index contributed by atoms with van der Waals surface area (Å²) in [6.45, 7) is 5.13. The number of hydrogen-bond donors (Lipinski definition) is 2. The van der Waals surface area contributed by atoms with Crippen LogP contribution in [-0.4, -0.2) is 45.2 Å². The lowest BCUT2D eigenvalue weighted by molar-refractivity contribution is -0.122. The normalized spacial score (nSPS) is 16.3. The number of H-pyrrole nitrogens is 1. The highest BCUT2D eigenvalue weighted by Crippen LogP contribution is 2.29. The molecule has 2 aromatic heterocycles. The smallest absolute Gasteiger partial charge is 0.240 e. The van der Waals surface area contributed by atoms with E-state index in [0.29, 0.717) is 22.2 Å². The third-order valence-corrected chi connectivity index (χ3v) is 7.32. The van der Waals surface area contributed by atoms with Gasteiger partial charge in [0.25, 0.3) is 0 Å². The number of thiophene rings is 1. The lowest BCUT2D eigenvalue weighted by Crippen LogP contribution is -2.42. The first-order chi connectivity index (χ1) is 15.0. The molecule has 9 heteroatoms. The van der Waals surface area contributed by atoms with E-state index in [0.717, 1.165) is 24.6 Å².